The molecule has 2 aromatic heterocycles. The van der Waals surface area contributed by atoms with Crippen molar-refractivity contribution in [2.75, 3.05) is 42.4 Å². The Morgan fingerprint density at radius 1 is 0.902 bits per heavy atom. The Kier molecular flexibility index (Phi) is 9.45. The van der Waals surface area contributed by atoms with E-state index in [1.807, 2.05) is 84.6 Å². The van der Waals surface area contributed by atoms with Crippen LogP contribution in [0.3, 0.4) is 0 Å². The molecule has 0 spiro atoms. The fourth-order valence-electron chi connectivity index (χ4n) is 6.26. The first-order valence-corrected chi connectivity index (χ1v) is 16.7. The van der Waals surface area contributed by atoms with Gasteiger partial charge in [0.2, 0.25) is 5.95 Å². The second-order valence-corrected chi connectivity index (χ2v) is 12.4. The molecule has 6 aromatic rings. The minimum absolute atomic E-state index is 0.153. The molecule has 0 bridgehead atoms. The van der Waals surface area contributed by atoms with Gasteiger partial charge in [0, 0.05) is 47.9 Å². The number of nitrogens with zero attached hydrogens (tertiary/aromatic N) is 5. The third-order valence-corrected chi connectivity index (χ3v) is 9.00. The van der Waals surface area contributed by atoms with Crippen LogP contribution in [0.1, 0.15) is 16.7 Å². The van der Waals surface area contributed by atoms with E-state index < -0.39 is 6.09 Å². The Balaban J connectivity index is 1.27. The molecule has 4 aromatic carbocycles. The number of carbonyl (C=O) groups is 1. The summed E-state index contributed by atoms with van der Waals surface area (Å²) < 4.78 is 18.2. The minimum Gasteiger partial charge on any atom is -0.497 e. The highest BCUT2D eigenvalue weighted by Crippen LogP contribution is 2.40. The molecule has 0 saturated heterocycles. The van der Waals surface area contributed by atoms with E-state index in [-0.39, 0.29) is 12.2 Å². The number of nitrogens with one attached hydrogen (secondary N) is 1. The van der Waals surface area contributed by atoms with Gasteiger partial charge in [-0.05, 0) is 60.5 Å². The summed E-state index contributed by atoms with van der Waals surface area (Å²) in [6.45, 7) is 3.10. The molecule has 7 rings (SSSR count). The quantitative estimate of drug-likeness (QED) is 0.162. The fourth-order valence-corrected chi connectivity index (χ4v) is 6.45. The zero-order valence-corrected chi connectivity index (χ0v) is 29.1. The maximum Gasteiger partial charge on any atom is 0.414 e. The minimum atomic E-state index is -0.454. The smallest absolute Gasteiger partial charge is 0.414 e. The number of amides is 1. The van der Waals surface area contributed by atoms with Gasteiger partial charge in [0.1, 0.15) is 23.8 Å². The predicted molar refractivity (Wildman–Crippen MR) is 199 cm³/mol. The summed E-state index contributed by atoms with van der Waals surface area (Å²) in [5, 5.41) is 4.37. The van der Waals surface area contributed by atoms with Crippen LogP contribution in [0.25, 0.3) is 16.7 Å². The molecule has 0 atom stereocenters. The van der Waals surface area contributed by atoms with Crippen molar-refractivity contribution in [3.63, 3.8) is 0 Å². The summed E-state index contributed by atoms with van der Waals surface area (Å²) in [5.41, 5.74) is 5.08. The second kappa shape index (κ2) is 14.4. The van der Waals surface area contributed by atoms with E-state index in [9.17, 15) is 9.59 Å². The number of benzene rings is 4. The van der Waals surface area contributed by atoms with E-state index in [2.05, 4.69) is 10.3 Å². The van der Waals surface area contributed by atoms with Gasteiger partial charge in [-0.25, -0.2) is 9.78 Å². The van der Waals surface area contributed by atoms with Gasteiger partial charge in [-0.3, -0.25) is 14.3 Å². The molecule has 12 heteroatoms. The van der Waals surface area contributed by atoms with Crippen molar-refractivity contribution < 1.29 is 19.0 Å². The molecular weight excluding hydrogens is 668 g/mol. The fraction of sp³-hybridized carbons (Fsp3) is 0.179. The SMILES string of the molecule is COc1ccc(CNc2ncc3cc(N4CCN(C(=O)OCc5ccccc5)c5c(C)cccc54)c(=O)n(-c4cccc(Cl)c4)c3n2)c(OC)c1. The van der Waals surface area contributed by atoms with Gasteiger partial charge >= 0.3 is 6.09 Å². The highest BCUT2D eigenvalue weighted by molar-refractivity contribution is 6.30. The van der Waals surface area contributed by atoms with Gasteiger partial charge in [-0.15, -0.1) is 0 Å². The first-order valence-electron chi connectivity index (χ1n) is 16.3. The number of pyridine rings is 1. The van der Waals surface area contributed by atoms with Gasteiger partial charge in [-0.2, -0.15) is 4.98 Å². The number of rotatable bonds is 9. The molecule has 0 fully saturated rings. The summed E-state index contributed by atoms with van der Waals surface area (Å²) >= 11 is 6.44. The van der Waals surface area contributed by atoms with Crippen LogP contribution in [0.4, 0.5) is 27.8 Å². The predicted octanol–water partition coefficient (Wildman–Crippen LogP) is 7.67. The standard InChI is InChI=1S/C39H35ClN6O5/c1-25-9-7-14-32-35(25)45(39(48)51-24-26-10-5-4-6-11-26)18-17-44(32)33-19-28-23-42-38(41-22-27-15-16-31(49-2)21-34(27)50-3)43-36(28)46(37(33)47)30-13-8-12-29(40)20-30/h4-16,19-21,23H,17-18,22,24H2,1-3H3,(H,41,42,43). The molecule has 0 radical (unpaired) electrons. The summed E-state index contributed by atoms with van der Waals surface area (Å²) in [5.74, 6) is 1.66. The van der Waals surface area contributed by atoms with Crippen LogP contribution in [0, 0.1) is 6.92 Å². The van der Waals surface area contributed by atoms with Crippen LogP contribution in [0.15, 0.2) is 108 Å². The number of ether oxygens (including phenoxy) is 3. The van der Waals surface area contributed by atoms with Crippen LogP contribution in [-0.2, 0) is 17.9 Å². The summed E-state index contributed by atoms with van der Waals surface area (Å²) in [7, 11) is 3.20. The van der Waals surface area contributed by atoms with Gasteiger partial charge in [0.25, 0.3) is 5.56 Å². The molecule has 11 nitrogen and oxygen atoms in total. The average Bonchev–Trinajstić information content (AvgIpc) is 3.16. The van der Waals surface area contributed by atoms with Crippen LogP contribution in [0.5, 0.6) is 11.5 Å². The Morgan fingerprint density at radius 2 is 1.73 bits per heavy atom. The number of carbonyl (C=O) groups excluding carboxylic acids is 1. The molecule has 0 unspecified atom stereocenters. The number of hydrogen-bond donors (Lipinski definition) is 1. The van der Waals surface area contributed by atoms with E-state index >= 15 is 0 Å². The van der Waals surface area contributed by atoms with Crippen molar-refractivity contribution in [1.29, 1.82) is 0 Å². The topological polar surface area (TPSA) is 111 Å². The number of hydrogen-bond acceptors (Lipinski definition) is 9. The number of anilines is 4. The van der Waals surface area contributed by atoms with Crippen LogP contribution in [-0.4, -0.2) is 47.9 Å². The Bertz CT molecular complexity index is 2300. The second-order valence-electron chi connectivity index (χ2n) is 11.9. The molecule has 1 aliphatic rings. The lowest BCUT2D eigenvalue weighted by Gasteiger charge is -2.38. The summed E-state index contributed by atoms with van der Waals surface area (Å²) in [6.07, 6.45) is 1.23. The van der Waals surface area contributed by atoms with Crippen molar-refractivity contribution in [2.45, 2.75) is 20.1 Å². The normalized spacial score (nSPS) is 12.4. The molecule has 51 heavy (non-hydrogen) atoms. The van der Waals surface area contributed by atoms with E-state index in [1.54, 1.807) is 54.1 Å². The molecule has 1 N–H and O–H groups in total. The van der Waals surface area contributed by atoms with Gasteiger partial charge in [0.15, 0.2) is 5.65 Å². The lowest BCUT2D eigenvalue weighted by atomic mass is 10.1. The number of halogens is 1. The van der Waals surface area contributed by atoms with Crippen LogP contribution in [0.2, 0.25) is 5.02 Å². The summed E-state index contributed by atoms with van der Waals surface area (Å²) in [4.78, 5) is 41.1. The lowest BCUT2D eigenvalue weighted by molar-refractivity contribution is 0.147. The number of aryl methyl sites for hydroxylation is 1. The van der Waals surface area contributed by atoms with Gasteiger partial charge < -0.3 is 24.4 Å². The first kappa shape index (κ1) is 33.4. The van der Waals surface area contributed by atoms with Crippen molar-refractivity contribution in [3.8, 4) is 17.2 Å². The van der Waals surface area contributed by atoms with E-state index in [4.69, 9.17) is 30.8 Å². The van der Waals surface area contributed by atoms with Crippen molar-refractivity contribution in [1.82, 2.24) is 14.5 Å². The number of para-hydroxylation sites is 1. The molecule has 0 aliphatic carbocycles. The number of aromatic nitrogens is 3. The maximum absolute atomic E-state index is 14.7. The molecule has 258 valence electrons. The summed E-state index contributed by atoms with van der Waals surface area (Å²) in [6, 6.07) is 29.8. The third kappa shape index (κ3) is 6.75. The third-order valence-electron chi connectivity index (χ3n) is 8.76. The van der Waals surface area contributed by atoms with E-state index in [0.717, 1.165) is 16.7 Å². The number of methoxy groups -OCH3 is 2. The number of fused-ring (bicyclic) bond motifs is 2. The largest absolute Gasteiger partial charge is 0.497 e. The monoisotopic (exact) mass is 702 g/mol. The van der Waals surface area contributed by atoms with Gasteiger partial charge in [-0.1, -0.05) is 60.1 Å². The van der Waals surface area contributed by atoms with Crippen molar-refractivity contribution >= 4 is 51.7 Å². The van der Waals surface area contributed by atoms with Crippen LogP contribution < -0.4 is 30.1 Å². The van der Waals surface area contributed by atoms with E-state index in [1.165, 1.54) is 0 Å². The van der Waals surface area contributed by atoms with Crippen molar-refractivity contribution in [2.24, 2.45) is 0 Å². The van der Waals surface area contributed by atoms with Gasteiger partial charge in [0.05, 0.1) is 31.3 Å². The van der Waals surface area contributed by atoms with E-state index in [0.29, 0.717) is 75.9 Å². The first-order chi connectivity index (χ1) is 24.8. The van der Waals surface area contributed by atoms with Crippen molar-refractivity contribution in [3.05, 3.63) is 135 Å². The zero-order valence-electron chi connectivity index (χ0n) is 28.3. The molecule has 0 saturated carbocycles. The zero-order chi connectivity index (χ0) is 35.5. The lowest BCUT2D eigenvalue weighted by Crippen LogP contribution is -2.44. The Labute approximate surface area is 299 Å². The average molecular weight is 703 g/mol. The Morgan fingerprint density at radius 3 is 2.51 bits per heavy atom. The van der Waals surface area contributed by atoms with Crippen LogP contribution >= 0.6 is 11.6 Å². The highest BCUT2D eigenvalue weighted by atomic mass is 35.5. The molecule has 3 heterocycles. The Hall–Kier alpha value is -6.07. The molecular formula is C39H35ClN6O5. The molecule has 1 aliphatic heterocycles. The highest BCUT2D eigenvalue weighted by Gasteiger charge is 2.32. The molecule has 1 amide bonds. The maximum atomic E-state index is 14.7.